The summed E-state index contributed by atoms with van der Waals surface area (Å²) in [5.74, 6) is -0.176. The summed E-state index contributed by atoms with van der Waals surface area (Å²) in [6.07, 6.45) is 2.31. The number of hydrazone groups is 1. The van der Waals surface area contributed by atoms with Crippen LogP contribution in [0.25, 0.3) is 16.6 Å². The summed E-state index contributed by atoms with van der Waals surface area (Å²) in [6, 6.07) is 17.7. The maximum atomic E-state index is 12.7. The third-order valence-corrected chi connectivity index (χ3v) is 6.23. The van der Waals surface area contributed by atoms with Gasteiger partial charge in [-0.05, 0) is 45.4 Å². The molecule has 168 valence electrons. The molecule has 8 heteroatoms. The molecule has 4 aromatic rings. The van der Waals surface area contributed by atoms with Gasteiger partial charge in [-0.2, -0.15) is 10.2 Å². The van der Waals surface area contributed by atoms with Crippen LogP contribution in [0.2, 0.25) is 0 Å². The predicted octanol–water partition coefficient (Wildman–Crippen LogP) is 3.34. The summed E-state index contributed by atoms with van der Waals surface area (Å²) in [5.41, 5.74) is 16.2. The Hall–Kier alpha value is -3.75. The zero-order valence-electron chi connectivity index (χ0n) is 18.9. The zero-order valence-corrected chi connectivity index (χ0v) is 18.9. The first-order valence-corrected chi connectivity index (χ1v) is 11.1. The Morgan fingerprint density at radius 2 is 1.85 bits per heavy atom. The molecule has 4 N–H and O–H groups in total. The highest BCUT2D eigenvalue weighted by Gasteiger charge is 2.33. The molecule has 0 saturated carbocycles. The van der Waals surface area contributed by atoms with Crippen LogP contribution in [0.15, 0.2) is 59.7 Å². The van der Waals surface area contributed by atoms with Gasteiger partial charge in [-0.3, -0.25) is 4.79 Å². The number of carbonyl (C=O) groups excluding carboxylic acids is 1. The minimum absolute atomic E-state index is 0.0157. The number of hydrazine groups is 1. The number of aryl methyl sites for hydroxylation is 2. The van der Waals surface area contributed by atoms with Crippen molar-refractivity contribution >= 4 is 23.0 Å². The normalized spacial score (nSPS) is 18.4. The van der Waals surface area contributed by atoms with Gasteiger partial charge in [-0.25, -0.2) is 21.0 Å². The van der Waals surface area contributed by atoms with Gasteiger partial charge in [0.05, 0.1) is 23.6 Å². The van der Waals surface area contributed by atoms with Gasteiger partial charge >= 0.3 is 0 Å². The van der Waals surface area contributed by atoms with E-state index >= 15 is 0 Å². The third-order valence-electron chi connectivity index (χ3n) is 6.23. The van der Waals surface area contributed by atoms with Crippen molar-refractivity contribution < 1.29 is 4.79 Å². The Labute approximate surface area is 192 Å². The Balaban J connectivity index is 1.27. The number of hydrogen-bond acceptors (Lipinski definition) is 5. The second-order valence-electron chi connectivity index (χ2n) is 8.40. The summed E-state index contributed by atoms with van der Waals surface area (Å²) in [4.78, 5) is 16.1. The first kappa shape index (κ1) is 21.1. The maximum absolute atomic E-state index is 12.7. The van der Waals surface area contributed by atoms with Crippen LogP contribution in [0.3, 0.4) is 0 Å². The third kappa shape index (κ3) is 3.94. The number of benzene rings is 2. The van der Waals surface area contributed by atoms with Crippen LogP contribution in [0.4, 0.5) is 0 Å². The van der Waals surface area contributed by atoms with E-state index in [0.29, 0.717) is 6.42 Å². The molecule has 8 nitrogen and oxygen atoms in total. The molecule has 0 radical (unpaired) electrons. The fourth-order valence-corrected chi connectivity index (χ4v) is 4.60. The molecule has 0 aliphatic carbocycles. The molecule has 3 heterocycles. The summed E-state index contributed by atoms with van der Waals surface area (Å²) in [7, 11) is 0. The Bertz CT molecular complexity index is 1340. The van der Waals surface area contributed by atoms with Crippen LogP contribution in [0.1, 0.15) is 40.7 Å². The quantitative estimate of drug-likeness (QED) is 0.282. The van der Waals surface area contributed by atoms with Gasteiger partial charge in [-0.15, -0.1) is 0 Å². The lowest BCUT2D eigenvalue weighted by Crippen LogP contribution is -2.41. The fourth-order valence-electron chi connectivity index (χ4n) is 4.60. The summed E-state index contributed by atoms with van der Waals surface area (Å²) in [6.45, 7) is 6.06. The Morgan fingerprint density at radius 1 is 1.09 bits per heavy atom. The molecule has 1 aliphatic rings. The van der Waals surface area contributed by atoms with Crippen LogP contribution in [0, 0.1) is 20.8 Å². The van der Waals surface area contributed by atoms with Crippen molar-refractivity contribution in [3.8, 4) is 5.69 Å². The monoisotopic (exact) mass is 441 g/mol. The molecule has 1 saturated heterocycles. The van der Waals surface area contributed by atoms with E-state index < -0.39 is 6.04 Å². The number of aromatic amines is 1. The average molecular weight is 442 g/mol. The number of rotatable bonds is 5. The molecule has 2 atom stereocenters. The summed E-state index contributed by atoms with van der Waals surface area (Å²) < 4.78 is 1.95. The van der Waals surface area contributed by atoms with E-state index in [-0.39, 0.29) is 11.9 Å². The van der Waals surface area contributed by atoms with E-state index in [0.717, 1.165) is 44.8 Å². The lowest BCUT2D eigenvalue weighted by atomic mass is 10.00. The van der Waals surface area contributed by atoms with E-state index in [1.807, 2.05) is 73.1 Å². The number of fused-ring (bicyclic) bond motifs is 1. The summed E-state index contributed by atoms with van der Waals surface area (Å²) >= 11 is 0. The zero-order chi connectivity index (χ0) is 22.9. The van der Waals surface area contributed by atoms with E-state index in [2.05, 4.69) is 33.3 Å². The highest BCUT2D eigenvalue weighted by molar-refractivity contribution is 6.00. The number of hydrogen-bond donors (Lipinski definition) is 4. The smallest absolute Gasteiger partial charge is 0.258 e. The number of amides is 1. The second-order valence-corrected chi connectivity index (χ2v) is 8.40. The molecule has 1 fully saturated rings. The number of H-pyrrole nitrogens is 1. The molecule has 5 rings (SSSR count). The fraction of sp³-hybridized carbons (Fsp3) is 0.240. The Kier molecular flexibility index (Phi) is 5.53. The highest BCUT2D eigenvalue weighted by Crippen LogP contribution is 2.29. The lowest BCUT2D eigenvalue weighted by molar-refractivity contribution is -0.122. The number of aromatic nitrogens is 3. The number of nitrogens with zero attached hydrogens (tertiary/aromatic N) is 3. The van der Waals surface area contributed by atoms with Crippen molar-refractivity contribution in [1.82, 2.24) is 31.0 Å². The molecule has 1 amide bonds. The van der Waals surface area contributed by atoms with Gasteiger partial charge in [-0.1, -0.05) is 36.4 Å². The SMILES string of the molecule is Cc1nn(-c2ccccc2)c(C)c1C1CC(C(=O)N/N=C/c2c(C)[nH]c3ccccc23)NN1. The average Bonchev–Trinajstić information content (AvgIpc) is 3.50. The first-order valence-electron chi connectivity index (χ1n) is 11.1. The number of carbonyl (C=O) groups is 1. The number of para-hydroxylation sites is 2. The van der Waals surface area contributed by atoms with Crippen molar-refractivity contribution in [2.45, 2.75) is 39.3 Å². The second kappa shape index (κ2) is 8.65. The number of nitrogens with one attached hydrogen (secondary N) is 4. The standard InChI is InChI=1S/C25H27N7O/c1-15-20(19-11-7-8-12-21(19)27-15)14-26-30-25(33)23-13-22(28-29-23)24-16(2)31-32(17(24)3)18-9-5-4-6-10-18/h4-12,14,22-23,27-29H,13H2,1-3H3,(H,30,33)/b26-14+. The van der Waals surface area contributed by atoms with Gasteiger partial charge in [0, 0.05) is 33.4 Å². The molecule has 2 aromatic carbocycles. The van der Waals surface area contributed by atoms with Crippen molar-refractivity contribution in [2.24, 2.45) is 5.10 Å². The molecule has 0 spiro atoms. The predicted molar refractivity (Wildman–Crippen MR) is 129 cm³/mol. The van der Waals surface area contributed by atoms with Crippen LogP contribution in [-0.4, -0.2) is 32.9 Å². The molecular formula is C25H27N7O. The van der Waals surface area contributed by atoms with Crippen molar-refractivity contribution in [1.29, 1.82) is 0 Å². The molecule has 0 bridgehead atoms. The van der Waals surface area contributed by atoms with E-state index in [1.165, 1.54) is 0 Å². The van der Waals surface area contributed by atoms with E-state index in [9.17, 15) is 4.79 Å². The maximum Gasteiger partial charge on any atom is 0.258 e. The van der Waals surface area contributed by atoms with Crippen LogP contribution >= 0.6 is 0 Å². The molecule has 2 unspecified atom stereocenters. The molecule has 2 aromatic heterocycles. The minimum Gasteiger partial charge on any atom is -0.358 e. The largest absolute Gasteiger partial charge is 0.358 e. The first-order chi connectivity index (χ1) is 16.0. The van der Waals surface area contributed by atoms with Gasteiger partial charge < -0.3 is 4.98 Å². The summed E-state index contributed by atoms with van der Waals surface area (Å²) in [5, 5.41) is 10.0. The van der Waals surface area contributed by atoms with Gasteiger partial charge in [0.1, 0.15) is 6.04 Å². The molecular weight excluding hydrogens is 414 g/mol. The van der Waals surface area contributed by atoms with Crippen molar-refractivity contribution in [3.05, 3.63) is 82.8 Å². The van der Waals surface area contributed by atoms with Crippen LogP contribution in [0.5, 0.6) is 0 Å². The topological polar surface area (TPSA) is 99.1 Å². The van der Waals surface area contributed by atoms with Crippen molar-refractivity contribution in [3.63, 3.8) is 0 Å². The van der Waals surface area contributed by atoms with E-state index in [1.54, 1.807) is 6.21 Å². The van der Waals surface area contributed by atoms with E-state index in [4.69, 9.17) is 5.10 Å². The van der Waals surface area contributed by atoms with Crippen molar-refractivity contribution in [2.75, 3.05) is 0 Å². The van der Waals surface area contributed by atoms with Gasteiger partial charge in [0.2, 0.25) is 0 Å². The molecule has 33 heavy (non-hydrogen) atoms. The minimum atomic E-state index is -0.393. The Morgan fingerprint density at radius 3 is 2.67 bits per heavy atom. The lowest BCUT2D eigenvalue weighted by Gasteiger charge is -2.11. The molecule has 1 aliphatic heterocycles. The van der Waals surface area contributed by atoms with Crippen LogP contribution in [-0.2, 0) is 4.79 Å². The highest BCUT2D eigenvalue weighted by atomic mass is 16.2. The van der Waals surface area contributed by atoms with Gasteiger partial charge in [0.15, 0.2) is 0 Å². The van der Waals surface area contributed by atoms with Crippen LogP contribution < -0.4 is 16.3 Å². The van der Waals surface area contributed by atoms with Gasteiger partial charge in [0.25, 0.3) is 5.91 Å².